The lowest BCUT2D eigenvalue weighted by Crippen LogP contribution is -2.10. The number of ether oxygens (including phenoxy) is 2. The average molecular weight is 298 g/mol. The minimum atomic E-state index is -0.783. The summed E-state index contributed by atoms with van der Waals surface area (Å²) in [5.74, 6) is -0.983. The average Bonchev–Trinajstić information content (AvgIpc) is 2.42. The third-order valence-electron chi connectivity index (χ3n) is 2.13. The molecule has 0 unspecified atom stereocenters. The highest BCUT2D eigenvalue weighted by Gasteiger charge is 2.25. The van der Waals surface area contributed by atoms with E-state index in [0.717, 1.165) is 6.07 Å². The zero-order valence-corrected chi connectivity index (χ0v) is 11.3. The number of nitrogens with zero attached hydrogens (tertiary/aromatic N) is 1. The Balaban J connectivity index is 3.30. The van der Waals surface area contributed by atoms with Crippen LogP contribution < -0.4 is 4.74 Å². The van der Waals surface area contributed by atoms with Crippen LogP contribution in [-0.2, 0) is 4.74 Å². The van der Waals surface area contributed by atoms with Gasteiger partial charge >= 0.3 is 11.7 Å². The Morgan fingerprint density at radius 1 is 1.35 bits per heavy atom. The van der Waals surface area contributed by atoms with Crippen molar-refractivity contribution in [3.05, 3.63) is 58.1 Å². The molecule has 0 atom stereocenters. The summed E-state index contributed by atoms with van der Waals surface area (Å²) in [6.07, 6.45) is 2.78. The van der Waals surface area contributed by atoms with Gasteiger partial charge in [-0.2, -0.15) is 0 Å². The SMILES string of the molecule is C=CCOC(=O)c1cc(Cl)cc([N+](=O)[O-])c1OCC=C. The lowest BCUT2D eigenvalue weighted by molar-refractivity contribution is -0.385. The molecule has 0 saturated heterocycles. The Morgan fingerprint density at radius 3 is 2.55 bits per heavy atom. The Morgan fingerprint density at radius 2 is 2.00 bits per heavy atom. The predicted octanol–water partition coefficient (Wildman–Crippen LogP) is 3.16. The minimum Gasteiger partial charge on any atom is -0.482 e. The van der Waals surface area contributed by atoms with E-state index < -0.39 is 16.6 Å². The van der Waals surface area contributed by atoms with Crippen LogP contribution in [0.2, 0.25) is 5.02 Å². The van der Waals surface area contributed by atoms with Crippen molar-refractivity contribution in [2.45, 2.75) is 0 Å². The van der Waals surface area contributed by atoms with Gasteiger partial charge in [0.1, 0.15) is 18.8 Å². The summed E-state index contributed by atoms with van der Waals surface area (Å²) in [4.78, 5) is 22.2. The number of halogens is 1. The van der Waals surface area contributed by atoms with Gasteiger partial charge in [-0.15, -0.1) is 0 Å². The van der Waals surface area contributed by atoms with Crippen molar-refractivity contribution in [3.63, 3.8) is 0 Å². The molecule has 106 valence electrons. The standard InChI is InChI=1S/C13H12ClNO5/c1-3-5-19-12-10(13(16)20-6-4-2)7-9(14)8-11(12)15(17)18/h3-4,7-8H,1-2,5-6H2. The highest BCUT2D eigenvalue weighted by atomic mass is 35.5. The van der Waals surface area contributed by atoms with Crippen LogP contribution in [0.5, 0.6) is 5.75 Å². The lowest BCUT2D eigenvalue weighted by atomic mass is 10.1. The molecule has 1 rings (SSSR count). The van der Waals surface area contributed by atoms with Crippen LogP contribution in [0.25, 0.3) is 0 Å². The fourth-order valence-electron chi connectivity index (χ4n) is 1.37. The van der Waals surface area contributed by atoms with Gasteiger partial charge in [0.05, 0.1) is 4.92 Å². The molecule has 7 heteroatoms. The molecule has 0 fully saturated rings. The summed E-state index contributed by atoms with van der Waals surface area (Å²) in [5.41, 5.74) is -0.530. The Kier molecular flexibility index (Phi) is 5.74. The number of benzene rings is 1. The van der Waals surface area contributed by atoms with E-state index in [-0.39, 0.29) is 29.5 Å². The molecule has 0 aromatic heterocycles. The smallest absolute Gasteiger partial charge is 0.342 e. The molecule has 1 aromatic rings. The molecule has 0 N–H and O–H groups in total. The van der Waals surface area contributed by atoms with Crippen LogP contribution >= 0.6 is 11.6 Å². The summed E-state index contributed by atoms with van der Waals surface area (Å²) in [7, 11) is 0. The maximum atomic E-state index is 11.9. The second kappa shape index (κ2) is 7.30. The fourth-order valence-corrected chi connectivity index (χ4v) is 1.59. The van der Waals surface area contributed by atoms with E-state index >= 15 is 0 Å². The number of esters is 1. The first-order valence-corrected chi connectivity index (χ1v) is 5.88. The van der Waals surface area contributed by atoms with Gasteiger partial charge < -0.3 is 9.47 Å². The van der Waals surface area contributed by atoms with E-state index in [1.54, 1.807) is 0 Å². The number of hydrogen-bond donors (Lipinski definition) is 0. The van der Waals surface area contributed by atoms with Crippen molar-refractivity contribution in [2.24, 2.45) is 0 Å². The molecule has 20 heavy (non-hydrogen) atoms. The van der Waals surface area contributed by atoms with E-state index in [9.17, 15) is 14.9 Å². The first-order chi connectivity index (χ1) is 9.51. The van der Waals surface area contributed by atoms with Gasteiger partial charge in [-0.1, -0.05) is 36.9 Å². The van der Waals surface area contributed by atoms with Crippen LogP contribution in [0.15, 0.2) is 37.4 Å². The third kappa shape index (κ3) is 3.83. The number of carbonyl (C=O) groups is 1. The summed E-state index contributed by atoms with van der Waals surface area (Å²) in [6, 6.07) is 2.35. The molecule has 0 spiro atoms. The van der Waals surface area contributed by atoms with E-state index in [4.69, 9.17) is 21.1 Å². The van der Waals surface area contributed by atoms with Gasteiger partial charge in [0.15, 0.2) is 0 Å². The monoisotopic (exact) mass is 297 g/mol. The molecule has 0 heterocycles. The predicted molar refractivity (Wildman–Crippen MR) is 74.3 cm³/mol. The minimum absolute atomic E-state index is 0.00418. The summed E-state index contributed by atoms with van der Waals surface area (Å²) in [6.45, 7) is 6.82. The summed E-state index contributed by atoms with van der Waals surface area (Å²) < 4.78 is 10.0. The fraction of sp³-hybridized carbons (Fsp3) is 0.154. The van der Waals surface area contributed by atoms with Gasteiger partial charge in [-0.3, -0.25) is 10.1 Å². The van der Waals surface area contributed by atoms with Crippen molar-refractivity contribution in [1.29, 1.82) is 0 Å². The largest absolute Gasteiger partial charge is 0.482 e. The highest BCUT2D eigenvalue weighted by molar-refractivity contribution is 6.31. The van der Waals surface area contributed by atoms with Crippen LogP contribution in [0, 0.1) is 10.1 Å². The molecule has 0 bridgehead atoms. The molecule has 0 aliphatic carbocycles. The molecule has 0 aliphatic heterocycles. The number of rotatable bonds is 7. The Hall–Kier alpha value is -2.34. The number of nitro groups is 1. The van der Waals surface area contributed by atoms with Gasteiger partial charge in [0.2, 0.25) is 5.75 Å². The summed E-state index contributed by atoms with van der Waals surface area (Å²) in [5, 5.41) is 11.0. The van der Waals surface area contributed by atoms with Crippen molar-refractivity contribution in [1.82, 2.24) is 0 Å². The maximum Gasteiger partial charge on any atom is 0.342 e. The second-order valence-electron chi connectivity index (χ2n) is 3.55. The molecule has 0 radical (unpaired) electrons. The number of nitro benzene ring substituents is 1. The molecular weight excluding hydrogens is 286 g/mol. The van der Waals surface area contributed by atoms with Crippen molar-refractivity contribution < 1.29 is 19.2 Å². The topological polar surface area (TPSA) is 78.7 Å². The summed E-state index contributed by atoms with van der Waals surface area (Å²) >= 11 is 5.77. The zero-order valence-electron chi connectivity index (χ0n) is 10.5. The van der Waals surface area contributed by atoms with Crippen molar-refractivity contribution in [2.75, 3.05) is 13.2 Å². The molecule has 6 nitrogen and oxygen atoms in total. The third-order valence-corrected chi connectivity index (χ3v) is 2.35. The Labute approximate surface area is 120 Å². The number of hydrogen-bond acceptors (Lipinski definition) is 5. The molecule has 1 aromatic carbocycles. The van der Waals surface area contributed by atoms with Crippen LogP contribution in [0.3, 0.4) is 0 Å². The van der Waals surface area contributed by atoms with E-state index in [1.807, 2.05) is 0 Å². The van der Waals surface area contributed by atoms with Crippen molar-refractivity contribution >= 4 is 23.3 Å². The lowest BCUT2D eigenvalue weighted by Gasteiger charge is -2.10. The van der Waals surface area contributed by atoms with Gasteiger partial charge in [-0.25, -0.2) is 4.79 Å². The zero-order chi connectivity index (χ0) is 15.1. The molecule has 0 amide bonds. The van der Waals surface area contributed by atoms with E-state index in [1.165, 1.54) is 18.2 Å². The second-order valence-corrected chi connectivity index (χ2v) is 3.98. The van der Waals surface area contributed by atoms with Gasteiger partial charge in [0.25, 0.3) is 0 Å². The maximum absolute atomic E-state index is 11.9. The quantitative estimate of drug-likeness (QED) is 0.334. The van der Waals surface area contributed by atoms with E-state index in [2.05, 4.69) is 13.2 Å². The highest BCUT2D eigenvalue weighted by Crippen LogP contribution is 2.35. The van der Waals surface area contributed by atoms with Crippen LogP contribution in [0.1, 0.15) is 10.4 Å². The van der Waals surface area contributed by atoms with Gasteiger partial charge in [0, 0.05) is 11.1 Å². The van der Waals surface area contributed by atoms with Crippen LogP contribution in [0.4, 0.5) is 5.69 Å². The molecule has 0 saturated carbocycles. The Bertz CT molecular complexity index is 556. The normalized spacial score (nSPS) is 9.65. The first-order valence-electron chi connectivity index (χ1n) is 5.51. The van der Waals surface area contributed by atoms with E-state index in [0.29, 0.717) is 0 Å². The van der Waals surface area contributed by atoms with Crippen molar-refractivity contribution in [3.8, 4) is 5.75 Å². The van der Waals surface area contributed by atoms with Gasteiger partial charge in [-0.05, 0) is 6.07 Å². The first kappa shape index (κ1) is 15.7. The van der Waals surface area contributed by atoms with Crippen LogP contribution in [-0.4, -0.2) is 24.1 Å². The number of carbonyl (C=O) groups excluding carboxylic acids is 1. The molecular formula is C13H12ClNO5. The molecule has 0 aliphatic rings.